The van der Waals surface area contributed by atoms with Gasteiger partial charge in [0.25, 0.3) is 5.56 Å². The van der Waals surface area contributed by atoms with Crippen LogP contribution in [0.1, 0.15) is 19.3 Å². The highest BCUT2D eigenvalue weighted by atomic mass is 16.5. The lowest BCUT2D eigenvalue weighted by molar-refractivity contribution is -0.0601. The number of nitrogens with zero attached hydrogens (tertiary/aromatic N) is 1. The number of ether oxygens (including phenoxy) is 1. The Morgan fingerprint density at radius 1 is 1.67 bits per heavy atom. The molecule has 0 bridgehead atoms. The maximum Gasteiger partial charge on any atom is 0.290 e. The molecule has 0 atom stereocenters. The summed E-state index contributed by atoms with van der Waals surface area (Å²) < 4.78 is 5.43. The molecular formula is C10H15N3O2. The average Bonchev–Trinajstić information content (AvgIpc) is 2.19. The van der Waals surface area contributed by atoms with Gasteiger partial charge in [0.15, 0.2) is 5.82 Å². The summed E-state index contributed by atoms with van der Waals surface area (Å²) in [7, 11) is 1.71. The van der Waals surface area contributed by atoms with Gasteiger partial charge in [0.2, 0.25) is 0 Å². The number of rotatable bonds is 4. The Labute approximate surface area is 87.9 Å². The van der Waals surface area contributed by atoms with Crippen LogP contribution in [0.4, 0.5) is 5.82 Å². The molecule has 15 heavy (non-hydrogen) atoms. The van der Waals surface area contributed by atoms with Gasteiger partial charge in [-0.05, 0) is 19.3 Å². The second-order valence-electron chi connectivity index (χ2n) is 3.86. The lowest BCUT2D eigenvalue weighted by Gasteiger charge is -2.40. The Balaban J connectivity index is 1.99. The second-order valence-corrected chi connectivity index (χ2v) is 3.86. The van der Waals surface area contributed by atoms with E-state index in [-0.39, 0.29) is 11.2 Å². The third-order valence-corrected chi connectivity index (χ3v) is 2.98. The van der Waals surface area contributed by atoms with Crippen LogP contribution in [0.2, 0.25) is 0 Å². The molecule has 1 aliphatic carbocycles. The van der Waals surface area contributed by atoms with Gasteiger partial charge in [-0.2, -0.15) is 0 Å². The predicted molar refractivity (Wildman–Crippen MR) is 56.9 cm³/mol. The minimum atomic E-state index is -0.192. The molecule has 1 aromatic rings. The van der Waals surface area contributed by atoms with Crippen LogP contribution >= 0.6 is 0 Å². The van der Waals surface area contributed by atoms with E-state index in [1.54, 1.807) is 13.3 Å². The van der Waals surface area contributed by atoms with Crippen LogP contribution in [0.15, 0.2) is 17.2 Å². The number of methoxy groups -OCH3 is 1. The number of anilines is 1. The number of hydrogen-bond acceptors (Lipinski definition) is 4. The van der Waals surface area contributed by atoms with E-state index in [4.69, 9.17) is 4.74 Å². The number of hydrogen-bond donors (Lipinski definition) is 2. The molecule has 0 radical (unpaired) electrons. The van der Waals surface area contributed by atoms with Crippen LogP contribution in [-0.2, 0) is 4.74 Å². The fraction of sp³-hybridized carbons (Fsp3) is 0.600. The van der Waals surface area contributed by atoms with Crippen LogP contribution in [0.5, 0.6) is 0 Å². The van der Waals surface area contributed by atoms with E-state index in [1.807, 2.05) is 0 Å². The molecule has 2 rings (SSSR count). The number of H-pyrrole nitrogens is 1. The largest absolute Gasteiger partial charge is 0.376 e. The Hall–Kier alpha value is -1.36. The summed E-state index contributed by atoms with van der Waals surface area (Å²) in [5.41, 5.74) is -0.285. The molecule has 2 N–H and O–H groups in total. The standard InChI is InChI=1S/C10H15N3O2/c1-15-10(3-2-4-10)7-13-8-9(14)12-6-5-11-8/h5-6H,2-4,7H2,1H3,(H,11,13)(H,12,14). The van der Waals surface area contributed by atoms with Gasteiger partial charge in [-0.1, -0.05) is 0 Å². The first-order chi connectivity index (χ1) is 7.26. The van der Waals surface area contributed by atoms with Crippen molar-refractivity contribution in [3.05, 3.63) is 22.7 Å². The fourth-order valence-corrected chi connectivity index (χ4v) is 1.75. The minimum absolute atomic E-state index is 0.0933. The van der Waals surface area contributed by atoms with E-state index in [0.717, 1.165) is 12.8 Å². The summed E-state index contributed by atoms with van der Waals surface area (Å²) in [6.07, 6.45) is 6.35. The van der Waals surface area contributed by atoms with Gasteiger partial charge in [-0.25, -0.2) is 4.98 Å². The van der Waals surface area contributed by atoms with Crippen molar-refractivity contribution in [3.63, 3.8) is 0 Å². The van der Waals surface area contributed by atoms with Crippen molar-refractivity contribution < 1.29 is 4.74 Å². The van der Waals surface area contributed by atoms with Crippen LogP contribution in [0.25, 0.3) is 0 Å². The van der Waals surface area contributed by atoms with Crippen LogP contribution in [-0.4, -0.2) is 29.2 Å². The quantitative estimate of drug-likeness (QED) is 0.768. The van der Waals surface area contributed by atoms with E-state index in [0.29, 0.717) is 12.4 Å². The summed E-state index contributed by atoms with van der Waals surface area (Å²) in [5.74, 6) is 0.362. The van der Waals surface area contributed by atoms with E-state index < -0.39 is 0 Å². The lowest BCUT2D eigenvalue weighted by Crippen LogP contribution is -2.46. The molecule has 1 aromatic heterocycles. The molecule has 1 aliphatic rings. The van der Waals surface area contributed by atoms with Crippen molar-refractivity contribution in [2.75, 3.05) is 19.0 Å². The highest BCUT2D eigenvalue weighted by molar-refractivity contribution is 5.31. The molecule has 0 spiro atoms. The molecule has 5 heteroatoms. The third kappa shape index (κ3) is 2.02. The SMILES string of the molecule is COC1(CNc2ncc[nH]c2=O)CCC1. The maximum atomic E-state index is 11.3. The van der Waals surface area contributed by atoms with Crippen molar-refractivity contribution in [1.82, 2.24) is 9.97 Å². The van der Waals surface area contributed by atoms with Crippen molar-refractivity contribution in [2.24, 2.45) is 0 Å². The minimum Gasteiger partial charge on any atom is -0.376 e. The summed E-state index contributed by atoms with van der Waals surface area (Å²) in [4.78, 5) is 17.8. The van der Waals surface area contributed by atoms with Gasteiger partial charge in [-0.3, -0.25) is 4.79 Å². The molecule has 0 saturated heterocycles. The van der Waals surface area contributed by atoms with Crippen molar-refractivity contribution in [3.8, 4) is 0 Å². The summed E-state index contributed by atoms with van der Waals surface area (Å²) >= 11 is 0. The molecule has 5 nitrogen and oxygen atoms in total. The zero-order chi connectivity index (χ0) is 10.7. The second kappa shape index (κ2) is 4.02. The molecule has 82 valence electrons. The van der Waals surface area contributed by atoms with Gasteiger partial charge in [0.05, 0.1) is 5.60 Å². The number of aromatic amines is 1. The third-order valence-electron chi connectivity index (χ3n) is 2.98. The zero-order valence-electron chi connectivity index (χ0n) is 8.75. The maximum absolute atomic E-state index is 11.3. The summed E-state index contributed by atoms with van der Waals surface area (Å²) in [5, 5.41) is 3.03. The van der Waals surface area contributed by atoms with Crippen LogP contribution < -0.4 is 10.9 Å². The van der Waals surface area contributed by atoms with Crippen molar-refractivity contribution in [1.29, 1.82) is 0 Å². The fourth-order valence-electron chi connectivity index (χ4n) is 1.75. The molecule has 1 fully saturated rings. The highest BCUT2D eigenvalue weighted by Gasteiger charge is 2.36. The first kappa shape index (κ1) is 10.2. The average molecular weight is 209 g/mol. The molecule has 1 heterocycles. The summed E-state index contributed by atoms with van der Waals surface area (Å²) in [6, 6.07) is 0. The van der Waals surface area contributed by atoms with Gasteiger partial charge in [0.1, 0.15) is 0 Å². The first-order valence-electron chi connectivity index (χ1n) is 5.08. The van der Waals surface area contributed by atoms with E-state index in [2.05, 4.69) is 15.3 Å². The highest BCUT2D eigenvalue weighted by Crippen LogP contribution is 2.34. The Morgan fingerprint density at radius 2 is 2.47 bits per heavy atom. The molecule has 1 saturated carbocycles. The van der Waals surface area contributed by atoms with Crippen LogP contribution in [0.3, 0.4) is 0 Å². The topological polar surface area (TPSA) is 67.0 Å². The molecule has 0 amide bonds. The zero-order valence-corrected chi connectivity index (χ0v) is 8.75. The van der Waals surface area contributed by atoms with E-state index >= 15 is 0 Å². The van der Waals surface area contributed by atoms with Gasteiger partial charge in [0, 0.05) is 26.0 Å². The Bertz CT molecular complexity index is 379. The number of aromatic nitrogens is 2. The Morgan fingerprint density at radius 3 is 3.00 bits per heavy atom. The molecule has 0 aliphatic heterocycles. The Kier molecular flexibility index (Phi) is 2.73. The normalized spacial score (nSPS) is 18.2. The molecule has 0 unspecified atom stereocenters. The lowest BCUT2D eigenvalue weighted by atomic mass is 9.80. The smallest absolute Gasteiger partial charge is 0.290 e. The number of nitrogens with one attached hydrogen (secondary N) is 2. The van der Waals surface area contributed by atoms with E-state index in [1.165, 1.54) is 12.6 Å². The van der Waals surface area contributed by atoms with Crippen molar-refractivity contribution in [2.45, 2.75) is 24.9 Å². The van der Waals surface area contributed by atoms with Gasteiger partial charge in [-0.15, -0.1) is 0 Å². The van der Waals surface area contributed by atoms with E-state index in [9.17, 15) is 4.79 Å². The van der Waals surface area contributed by atoms with Gasteiger partial charge >= 0.3 is 0 Å². The predicted octanol–water partition coefficient (Wildman–Crippen LogP) is 0.751. The van der Waals surface area contributed by atoms with Gasteiger partial charge < -0.3 is 15.0 Å². The first-order valence-corrected chi connectivity index (χ1v) is 5.08. The summed E-state index contributed by atoms with van der Waals surface area (Å²) in [6.45, 7) is 0.642. The monoisotopic (exact) mass is 209 g/mol. The molecule has 0 aromatic carbocycles. The van der Waals surface area contributed by atoms with Crippen molar-refractivity contribution >= 4 is 5.82 Å². The van der Waals surface area contributed by atoms with Crippen LogP contribution in [0, 0.1) is 0 Å². The molecular weight excluding hydrogens is 194 g/mol.